The van der Waals surface area contributed by atoms with Gasteiger partial charge in [-0.1, -0.05) is 32.9 Å². The summed E-state index contributed by atoms with van der Waals surface area (Å²) in [4.78, 5) is 19.2. The summed E-state index contributed by atoms with van der Waals surface area (Å²) in [6.07, 6.45) is 1.52. The molecule has 0 saturated heterocycles. The number of thiazole rings is 1. The van der Waals surface area contributed by atoms with Crippen molar-refractivity contribution < 1.29 is 9.53 Å². The molecule has 0 aliphatic rings. The van der Waals surface area contributed by atoms with E-state index in [1.54, 1.807) is 11.3 Å². The number of hydrogen-bond donors (Lipinski definition) is 0. The average Bonchev–Trinajstić information content (AvgIpc) is 3.04. The first-order chi connectivity index (χ1) is 12.4. The third-order valence-electron chi connectivity index (χ3n) is 4.31. The Labute approximate surface area is 161 Å². The van der Waals surface area contributed by atoms with Gasteiger partial charge in [0.1, 0.15) is 17.4 Å². The zero-order valence-corrected chi connectivity index (χ0v) is 17.3. The monoisotopic (exact) mass is 374 g/mol. The van der Waals surface area contributed by atoms with Crippen LogP contribution in [0, 0.1) is 12.8 Å². The van der Waals surface area contributed by atoms with Crippen LogP contribution in [0.2, 0.25) is 0 Å². The number of carbonyl (C=O) groups excluding carboxylic acids is 1. The van der Waals surface area contributed by atoms with E-state index in [9.17, 15) is 4.79 Å². The highest BCUT2D eigenvalue weighted by atomic mass is 32.1. The molecule has 0 bridgehead atoms. The van der Waals surface area contributed by atoms with Crippen LogP contribution in [-0.4, -0.2) is 21.8 Å². The van der Waals surface area contributed by atoms with Gasteiger partial charge >= 0.3 is 0 Å². The van der Waals surface area contributed by atoms with Crippen LogP contribution in [-0.2, 0) is 17.9 Å². The molecule has 1 atom stereocenters. The Kier molecular flexibility index (Phi) is 7.64. The molecule has 1 heterocycles. The molecule has 2 rings (SSSR count). The van der Waals surface area contributed by atoms with Gasteiger partial charge in [-0.15, -0.1) is 11.3 Å². The first kappa shape index (κ1) is 20.4. The van der Waals surface area contributed by atoms with Crippen LogP contribution < -0.4 is 4.74 Å². The minimum absolute atomic E-state index is 0.208. The molecule has 0 aliphatic carbocycles. The van der Waals surface area contributed by atoms with Crippen LogP contribution in [0.1, 0.15) is 56.8 Å². The molecule has 1 amide bonds. The molecule has 1 aromatic heterocycles. The number of ether oxygens (including phenoxy) is 1. The van der Waals surface area contributed by atoms with Crippen LogP contribution >= 0.6 is 11.3 Å². The molecule has 0 spiro atoms. The normalized spacial score (nSPS) is 12.2. The molecule has 4 nitrogen and oxygen atoms in total. The largest absolute Gasteiger partial charge is 0.486 e. The highest BCUT2D eigenvalue weighted by Gasteiger charge is 2.21. The molecule has 1 aromatic carbocycles. The molecular weight excluding hydrogens is 344 g/mol. The van der Waals surface area contributed by atoms with E-state index in [4.69, 9.17) is 4.74 Å². The lowest BCUT2D eigenvalue weighted by molar-refractivity contribution is -0.134. The van der Waals surface area contributed by atoms with Gasteiger partial charge in [-0.2, -0.15) is 0 Å². The minimum Gasteiger partial charge on any atom is -0.486 e. The van der Waals surface area contributed by atoms with Gasteiger partial charge in [0.2, 0.25) is 5.91 Å². The van der Waals surface area contributed by atoms with Gasteiger partial charge < -0.3 is 9.64 Å². The van der Waals surface area contributed by atoms with E-state index in [0.29, 0.717) is 25.5 Å². The SMILES string of the molecule is CC[C@@H](C)N(Cc1csc(COc2cccc(C)c2)n1)C(=O)CC(C)C. The number of aryl methyl sites for hydroxylation is 1. The van der Waals surface area contributed by atoms with Crippen LogP contribution in [0.4, 0.5) is 0 Å². The van der Waals surface area contributed by atoms with Gasteiger partial charge in [0.05, 0.1) is 12.2 Å². The number of rotatable bonds is 9. The highest BCUT2D eigenvalue weighted by Crippen LogP contribution is 2.19. The van der Waals surface area contributed by atoms with E-state index in [2.05, 4.69) is 32.7 Å². The Balaban J connectivity index is 1.99. The maximum absolute atomic E-state index is 12.6. The molecule has 0 fully saturated rings. The number of benzene rings is 1. The van der Waals surface area contributed by atoms with Crippen molar-refractivity contribution in [3.63, 3.8) is 0 Å². The number of carbonyl (C=O) groups is 1. The molecule has 2 aromatic rings. The standard InChI is InChI=1S/C21H30N2O2S/c1-6-17(5)23(21(24)10-15(2)3)12-18-14-26-20(22-18)13-25-19-9-7-8-16(4)11-19/h7-9,11,14-15,17H,6,10,12-13H2,1-5H3/t17-/m1/s1. The molecular formula is C21H30N2O2S. The van der Waals surface area contributed by atoms with E-state index >= 15 is 0 Å². The van der Waals surface area contributed by atoms with E-state index in [1.165, 1.54) is 5.56 Å². The lowest BCUT2D eigenvalue weighted by atomic mass is 10.1. The smallest absolute Gasteiger partial charge is 0.223 e. The summed E-state index contributed by atoms with van der Waals surface area (Å²) in [5.41, 5.74) is 2.12. The summed E-state index contributed by atoms with van der Waals surface area (Å²) in [6, 6.07) is 8.23. The van der Waals surface area contributed by atoms with Crippen LogP contribution in [0.25, 0.3) is 0 Å². The summed E-state index contributed by atoms with van der Waals surface area (Å²) in [6.45, 7) is 11.5. The van der Waals surface area contributed by atoms with E-state index in [-0.39, 0.29) is 11.9 Å². The third-order valence-corrected chi connectivity index (χ3v) is 5.18. The summed E-state index contributed by atoms with van der Waals surface area (Å²) in [7, 11) is 0. The summed E-state index contributed by atoms with van der Waals surface area (Å²) in [5.74, 6) is 1.43. The molecule has 0 aliphatic heterocycles. The van der Waals surface area contributed by atoms with Crippen molar-refractivity contribution >= 4 is 17.2 Å². The number of nitrogens with zero attached hydrogens (tertiary/aromatic N) is 2. The summed E-state index contributed by atoms with van der Waals surface area (Å²) < 4.78 is 5.83. The molecule has 0 unspecified atom stereocenters. The number of hydrogen-bond acceptors (Lipinski definition) is 4. The molecule has 0 N–H and O–H groups in total. The van der Waals surface area contributed by atoms with Crippen LogP contribution in [0.5, 0.6) is 5.75 Å². The molecule has 0 saturated carbocycles. The van der Waals surface area contributed by atoms with Gasteiger partial charge in [-0.05, 0) is 43.9 Å². The van der Waals surface area contributed by atoms with Crippen LogP contribution in [0.3, 0.4) is 0 Å². The fourth-order valence-corrected chi connectivity index (χ4v) is 3.39. The molecule has 142 valence electrons. The lowest BCUT2D eigenvalue weighted by Crippen LogP contribution is -2.38. The van der Waals surface area contributed by atoms with Crippen molar-refractivity contribution in [2.24, 2.45) is 5.92 Å². The second-order valence-electron chi connectivity index (χ2n) is 7.21. The zero-order chi connectivity index (χ0) is 19.1. The second-order valence-corrected chi connectivity index (χ2v) is 8.16. The van der Waals surface area contributed by atoms with Crippen molar-refractivity contribution in [2.45, 2.75) is 66.7 Å². The number of aromatic nitrogens is 1. The topological polar surface area (TPSA) is 42.4 Å². The average molecular weight is 375 g/mol. The minimum atomic E-state index is 0.208. The molecule has 5 heteroatoms. The Morgan fingerprint density at radius 3 is 2.73 bits per heavy atom. The first-order valence-corrected chi connectivity index (χ1v) is 10.2. The molecule has 0 radical (unpaired) electrons. The Bertz CT molecular complexity index is 712. The van der Waals surface area contributed by atoms with E-state index in [0.717, 1.165) is 22.9 Å². The van der Waals surface area contributed by atoms with Gasteiger partial charge in [0.15, 0.2) is 0 Å². The Morgan fingerprint density at radius 2 is 2.08 bits per heavy atom. The van der Waals surface area contributed by atoms with E-state index in [1.807, 2.05) is 41.5 Å². The third kappa shape index (κ3) is 6.13. The lowest BCUT2D eigenvalue weighted by Gasteiger charge is -2.28. The summed E-state index contributed by atoms with van der Waals surface area (Å²) >= 11 is 1.59. The fourth-order valence-electron chi connectivity index (χ4n) is 2.69. The highest BCUT2D eigenvalue weighted by molar-refractivity contribution is 7.09. The van der Waals surface area contributed by atoms with Crippen LogP contribution in [0.15, 0.2) is 29.6 Å². The van der Waals surface area contributed by atoms with Gasteiger partial charge in [-0.25, -0.2) is 4.98 Å². The quantitative estimate of drug-likeness (QED) is 0.605. The predicted molar refractivity (Wildman–Crippen MR) is 107 cm³/mol. The van der Waals surface area contributed by atoms with Crippen molar-refractivity contribution in [3.8, 4) is 5.75 Å². The van der Waals surface area contributed by atoms with E-state index < -0.39 is 0 Å². The van der Waals surface area contributed by atoms with Gasteiger partial charge in [0, 0.05) is 17.8 Å². The zero-order valence-electron chi connectivity index (χ0n) is 16.5. The first-order valence-electron chi connectivity index (χ1n) is 9.31. The predicted octanol–water partition coefficient (Wildman–Crippen LogP) is 5.20. The van der Waals surface area contributed by atoms with Gasteiger partial charge in [-0.3, -0.25) is 4.79 Å². The van der Waals surface area contributed by atoms with Crippen molar-refractivity contribution in [3.05, 3.63) is 45.9 Å². The van der Waals surface area contributed by atoms with Crippen molar-refractivity contribution in [1.82, 2.24) is 9.88 Å². The maximum atomic E-state index is 12.6. The molecule has 26 heavy (non-hydrogen) atoms. The van der Waals surface area contributed by atoms with Crippen molar-refractivity contribution in [2.75, 3.05) is 0 Å². The summed E-state index contributed by atoms with van der Waals surface area (Å²) in [5, 5.41) is 2.97. The second kappa shape index (κ2) is 9.72. The Hall–Kier alpha value is -1.88. The van der Waals surface area contributed by atoms with Crippen molar-refractivity contribution in [1.29, 1.82) is 0 Å². The fraction of sp³-hybridized carbons (Fsp3) is 0.524. The maximum Gasteiger partial charge on any atom is 0.223 e. The number of amides is 1. The van der Waals surface area contributed by atoms with Gasteiger partial charge in [0.25, 0.3) is 0 Å². The Morgan fingerprint density at radius 1 is 1.31 bits per heavy atom.